The highest BCUT2D eigenvalue weighted by atomic mass is 35.7. The van der Waals surface area contributed by atoms with Crippen LogP contribution in [0.4, 0.5) is 0 Å². The van der Waals surface area contributed by atoms with Crippen molar-refractivity contribution >= 4 is 0 Å². The van der Waals surface area contributed by atoms with E-state index in [9.17, 15) is 0 Å². The molecule has 0 N–H and O–H groups in total. The van der Waals surface area contributed by atoms with Crippen LogP contribution >= 0.6 is 0 Å². The standard InChI is InChI=1S/C12H22NO.ClHO4/c1-6-11(12(3,4)5)9-13-8-7-10(2)14-13;2-1(3,4)5/h7-8,11H,6,9H2,1-5H3;(H,2,3,4,5)/q+1;/p-1. The van der Waals surface area contributed by atoms with Gasteiger partial charge in [0.2, 0.25) is 6.20 Å². The van der Waals surface area contributed by atoms with Crippen LogP contribution in [0.3, 0.4) is 0 Å². The molecule has 19 heavy (non-hydrogen) atoms. The van der Waals surface area contributed by atoms with Crippen molar-refractivity contribution in [3.05, 3.63) is 18.0 Å². The van der Waals surface area contributed by atoms with Crippen molar-refractivity contribution in [3.8, 4) is 0 Å². The van der Waals surface area contributed by atoms with E-state index in [1.54, 1.807) is 0 Å². The molecule has 1 heterocycles. The highest BCUT2D eigenvalue weighted by Gasteiger charge is 2.27. The molecule has 0 spiro atoms. The fourth-order valence-corrected chi connectivity index (χ4v) is 1.76. The van der Waals surface area contributed by atoms with E-state index >= 15 is 0 Å². The summed E-state index contributed by atoms with van der Waals surface area (Å²) in [5.74, 6) is 1.65. The molecule has 0 radical (unpaired) electrons. The number of nitrogens with zero attached hydrogens (tertiary/aromatic N) is 1. The molecule has 0 aliphatic carbocycles. The first-order valence-corrected chi connectivity index (χ1v) is 7.25. The van der Waals surface area contributed by atoms with Gasteiger partial charge in [0, 0.05) is 12.8 Å². The maximum Gasteiger partial charge on any atom is 0.219 e. The Hall–Kier alpha value is -0.660. The largest absolute Gasteiger partial charge is 0.242 e. The maximum atomic E-state index is 8.49. The van der Waals surface area contributed by atoms with Gasteiger partial charge in [0.1, 0.15) is 0 Å². The van der Waals surface area contributed by atoms with Gasteiger partial charge in [0.05, 0.1) is 6.07 Å². The van der Waals surface area contributed by atoms with Gasteiger partial charge in [-0.2, -0.15) is 0 Å². The van der Waals surface area contributed by atoms with Crippen LogP contribution in [0.2, 0.25) is 0 Å². The summed E-state index contributed by atoms with van der Waals surface area (Å²) in [6.45, 7) is 12.1. The van der Waals surface area contributed by atoms with Gasteiger partial charge in [0.25, 0.3) is 0 Å². The van der Waals surface area contributed by atoms with Crippen LogP contribution in [0.15, 0.2) is 16.8 Å². The fourth-order valence-electron chi connectivity index (χ4n) is 1.76. The van der Waals surface area contributed by atoms with Crippen molar-refractivity contribution in [1.29, 1.82) is 0 Å². The Morgan fingerprint density at radius 1 is 1.26 bits per heavy atom. The molecule has 1 unspecified atom stereocenters. The van der Waals surface area contributed by atoms with E-state index in [-0.39, 0.29) is 0 Å². The molecule has 0 fully saturated rings. The van der Waals surface area contributed by atoms with Crippen LogP contribution in [-0.4, -0.2) is 0 Å². The summed E-state index contributed by atoms with van der Waals surface area (Å²) in [7, 11) is -4.94. The highest BCUT2D eigenvalue weighted by molar-refractivity contribution is 4.84. The summed E-state index contributed by atoms with van der Waals surface area (Å²) in [5, 5.41) is 0. The minimum Gasteiger partial charge on any atom is -0.242 e. The number of rotatable bonds is 3. The van der Waals surface area contributed by atoms with Crippen LogP contribution < -0.4 is 23.4 Å². The van der Waals surface area contributed by atoms with Crippen LogP contribution in [0, 0.1) is 28.5 Å². The van der Waals surface area contributed by atoms with Crippen molar-refractivity contribution in [1.82, 2.24) is 0 Å². The Morgan fingerprint density at radius 2 is 1.74 bits per heavy atom. The minimum atomic E-state index is -4.94. The van der Waals surface area contributed by atoms with Crippen LogP contribution in [0.1, 0.15) is 39.9 Å². The number of hydrogen-bond acceptors (Lipinski definition) is 5. The third-order valence-electron chi connectivity index (χ3n) is 2.85. The highest BCUT2D eigenvalue weighted by Crippen LogP contribution is 2.28. The Balaban J connectivity index is 0.000000555. The predicted molar refractivity (Wildman–Crippen MR) is 56.9 cm³/mol. The van der Waals surface area contributed by atoms with Crippen LogP contribution in [0.5, 0.6) is 0 Å². The molecule has 0 aliphatic heterocycles. The van der Waals surface area contributed by atoms with Gasteiger partial charge in [-0.1, -0.05) is 27.7 Å². The Morgan fingerprint density at radius 3 is 2.00 bits per heavy atom. The van der Waals surface area contributed by atoms with E-state index in [2.05, 4.69) is 27.7 Å². The third kappa shape index (κ3) is 9.86. The molecule has 6 nitrogen and oxygen atoms in total. The molecule has 1 atom stereocenters. The molecular formula is C12H22ClNO5. The molecule has 0 saturated heterocycles. The van der Waals surface area contributed by atoms with E-state index in [0.717, 1.165) is 12.3 Å². The average Bonchev–Trinajstić information content (AvgIpc) is 2.56. The van der Waals surface area contributed by atoms with Crippen molar-refractivity contribution in [2.75, 3.05) is 0 Å². The number of aromatic nitrogens is 1. The third-order valence-corrected chi connectivity index (χ3v) is 2.85. The zero-order valence-electron chi connectivity index (χ0n) is 12.0. The van der Waals surface area contributed by atoms with Gasteiger partial charge in [-0.15, -0.1) is 10.2 Å². The quantitative estimate of drug-likeness (QED) is 0.611. The molecule has 112 valence electrons. The zero-order valence-corrected chi connectivity index (χ0v) is 12.8. The molecule has 0 amide bonds. The van der Waals surface area contributed by atoms with Gasteiger partial charge in [-0.05, 0) is 16.6 Å². The Labute approximate surface area is 116 Å². The van der Waals surface area contributed by atoms with E-state index < -0.39 is 10.2 Å². The summed E-state index contributed by atoms with van der Waals surface area (Å²) < 4.78 is 41.4. The molecule has 0 saturated carbocycles. The second kappa shape index (κ2) is 7.21. The average molecular weight is 296 g/mol. The lowest BCUT2D eigenvalue weighted by Gasteiger charge is -2.25. The lowest BCUT2D eigenvalue weighted by molar-refractivity contribution is -2.00. The van der Waals surface area contributed by atoms with E-state index in [1.807, 2.05) is 23.9 Å². The fraction of sp³-hybridized carbons (Fsp3) is 0.750. The summed E-state index contributed by atoms with van der Waals surface area (Å²) in [5.41, 5.74) is 0.350. The monoisotopic (exact) mass is 295 g/mol. The van der Waals surface area contributed by atoms with Crippen LogP contribution in [-0.2, 0) is 6.54 Å². The molecule has 1 rings (SSSR count). The zero-order chi connectivity index (χ0) is 15.3. The van der Waals surface area contributed by atoms with Crippen molar-refractivity contribution in [2.45, 2.75) is 47.6 Å². The van der Waals surface area contributed by atoms with E-state index in [0.29, 0.717) is 11.3 Å². The molecule has 0 bridgehead atoms. The van der Waals surface area contributed by atoms with E-state index in [1.165, 1.54) is 6.42 Å². The second-order valence-electron chi connectivity index (χ2n) is 5.47. The maximum absolute atomic E-state index is 8.49. The summed E-state index contributed by atoms with van der Waals surface area (Å²) in [4.78, 5) is 0. The van der Waals surface area contributed by atoms with Gasteiger partial charge in [-0.3, -0.25) is 0 Å². The second-order valence-corrected chi connectivity index (χ2v) is 6.22. The number of halogens is 1. The summed E-state index contributed by atoms with van der Waals surface area (Å²) >= 11 is 0. The first-order chi connectivity index (χ1) is 8.43. The van der Waals surface area contributed by atoms with Crippen molar-refractivity contribution in [3.63, 3.8) is 0 Å². The topological polar surface area (TPSA) is 109 Å². The van der Waals surface area contributed by atoms with Crippen molar-refractivity contribution < 1.29 is 38.1 Å². The SMILES string of the molecule is CCC(C[n+]1ccc(C)o1)C(C)(C)C.[O-][Cl+3]([O-])([O-])[O-]. The molecule has 1 aromatic heterocycles. The lowest BCUT2D eigenvalue weighted by Crippen LogP contribution is -2.68. The van der Waals surface area contributed by atoms with Gasteiger partial charge in [-0.25, -0.2) is 23.2 Å². The molecule has 0 aromatic carbocycles. The predicted octanol–water partition coefficient (Wildman–Crippen LogP) is -1.81. The summed E-state index contributed by atoms with van der Waals surface area (Å²) in [6, 6.07) is 2.01. The van der Waals surface area contributed by atoms with Gasteiger partial charge >= 0.3 is 0 Å². The molecule has 0 aliphatic rings. The normalized spacial score (nSPS) is 13.7. The number of hydrogen-bond donors (Lipinski definition) is 0. The van der Waals surface area contributed by atoms with E-state index in [4.69, 9.17) is 23.2 Å². The smallest absolute Gasteiger partial charge is 0.219 e. The van der Waals surface area contributed by atoms with Gasteiger partial charge < -0.3 is 0 Å². The Kier molecular flexibility index (Phi) is 6.96. The van der Waals surface area contributed by atoms with Crippen molar-refractivity contribution in [2.24, 2.45) is 11.3 Å². The van der Waals surface area contributed by atoms with Gasteiger partial charge in [0.15, 0.2) is 12.3 Å². The van der Waals surface area contributed by atoms with Crippen LogP contribution in [0.25, 0.3) is 0 Å². The first kappa shape index (κ1) is 18.3. The molecule has 7 heteroatoms. The molecular weight excluding hydrogens is 274 g/mol. The first-order valence-electron chi connectivity index (χ1n) is 6.01. The minimum absolute atomic E-state index is 0.350. The summed E-state index contributed by atoms with van der Waals surface area (Å²) in [6.07, 6.45) is 3.21. The Bertz CT molecular complexity index is 361. The molecule has 1 aromatic rings. The number of aryl methyl sites for hydroxylation is 1. The lowest BCUT2D eigenvalue weighted by atomic mass is 9.79.